The van der Waals surface area contributed by atoms with Crippen LogP contribution < -0.4 is 0 Å². The second kappa shape index (κ2) is 3.82. The van der Waals surface area contributed by atoms with Crippen molar-refractivity contribution in [2.24, 2.45) is 7.05 Å². The summed E-state index contributed by atoms with van der Waals surface area (Å²) in [6.45, 7) is 2.03. The van der Waals surface area contributed by atoms with Gasteiger partial charge in [-0.3, -0.25) is 4.68 Å². The molecule has 1 N–H and O–H groups in total. The number of nitrogens with zero attached hydrogens (tertiary/aromatic N) is 3. The Balaban J connectivity index is 2.55. The zero-order valence-electron chi connectivity index (χ0n) is 8.81. The van der Waals surface area contributed by atoms with Crippen molar-refractivity contribution in [3.8, 4) is 11.3 Å². The topological polar surface area (TPSA) is 50.9 Å². The third kappa shape index (κ3) is 1.89. The van der Waals surface area contributed by atoms with Gasteiger partial charge in [-0.05, 0) is 18.6 Å². The lowest BCUT2D eigenvalue weighted by atomic mass is 10.0. The smallest absolute Gasteiger partial charge is 0.113 e. The maximum Gasteiger partial charge on any atom is 0.113 e. The lowest BCUT2D eigenvalue weighted by Crippen LogP contribution is -1.90. The number of rotatable bonds is 2. The molecule has 2 aromatic rings. The minimum Gasteiger partial charge on any atom is -0.392 e. The van der Waals surface area contributed by atoms with Gasteiger partial charge in [-0.1, -0.05) is 22.9 Å². The second-order valence-electron chi connectivity index (χ2n) is 3.60. The monoisotopic (exact) mass is 203 g/mol. The van der Waals surface area contributed by atoms with Crippen LogP contribution in [0.15, 0.2) is 24.4 Å². The molecule has 0 saturated heterocycles. The van der Waals surface area contributed by atoms with Gasteiger partial charge in [0.25, 0.3) is 0 Å². The highest BCUT2D eigenvalue weighted by atomic mass is 16.3. The van der Waals surface area contributed by atoms with E-state index >= 15 is 0 Å². The number of aromatic nitrogens is 3. The molecule has 1 aromatic heterocycles. The van der Waals surface area contributed by atoms with E-state index in [9.17, 15) is 5.11 Å². The molecule has 78 valence electrons. The van der Waals surface area contributed by atoms with Crippen molar-refractivity contribution in [3.63, 3.8) is 0 Å². The maximum absolute atomic E-state index is 9.22. The Bertz CT molecular complexity index is 476. The highest BCUT2D eigenvalue weighted by Crippen LogP contribution is 2.22. The minimum absolute atomic E-state index is 0.0200. The lowest BCUT2D eigenvalue weighted by Gasteiger charge is -2.04. The summed E-state index contributed by atoms with van der Waals surface area (Å²) < 4.78 is 1.65. The van der Waals surface area contributed by atoms with Crippen molar-refractivity contribution >= 4 is 0 Å². The molecule has 0 atom stereocenters. The highest BCUT2D eigenvalue weighted by molar-refractivity contribution is 5.63. The van der Waals surface area contributed by atoms with Crippen LogP contribution in [-0.2, 0) is 13.7 Å². The standard InChI is InChI=1S/C11H13N3O/c1-8-3-4-9(7-15)10(5-8)11-6-14(2)13-12-11/h3-6,15H,7H2,1-2H3. The zero-order chi connectivity index (χ0) is 10.8. The molecule has 0 amide bonds. The van der Waals surface area contributed by atoms with Crippen LogP contribution in [0.1, 0.15) is 11.1 Å². The first-order valence-electron chi connectivity index (χ1n) is 4.78. The largest absolute Gasteiger partial charge is 0.392 e. The maximum atomic E-state index is 9.22. The quantitative estimate of drug-likeness (QED) is 0.800. The van der Waals surface area contributed by atoms with Crippen LogP contribution in [0.2, 0.25) is 0 Å². The van der Waals surface area contributed by atoms with Crippen molar-refractivity contribution in [2.75, 3.05) is 0 Å². The fourth-order valence-electron chi connectivity index (χ4n) is 1.54. The molecule has 0 aliphatic heterocycles. The van der Waals surface area contributed by atoms with Crippen molar-refractivity contribution in [2.45, 2.75) is 13.5 Å². The fourth-order valence-corrected chi connectivity index (χ4v) is 1.54. The van der Waals surface area contributed by atoms with E-state index in [1.807, 2.05) is 38.4 Å². The molecule has 0 aliphatic carbocycles. The normalized spacial score (nSPS) is 10.6. The predicted octanol–water partition coefficient (Wildman–Crippen LogP) is 1.28. The fraction of sp³-hybridized carbons (Fsp3) is 0.273. The summed E-state index contributed by atoms with van der Waals surface area (Å²) in [4.78, 5) is 0. The third-order valence-corrected chi connectivity index (χ3v) is 2.31. The van der Waals surface area contributed by atoms with E-state index in [1.54, 1.807) is 4.68 Å². The van der Waals surface area contributed by atoms with Gasteiger partial charge in [0.2, 0.25) is 0 Å². The summed E-state index contributed by atoms with van der Waals surface area (Å²) in [6.07, 6.45) is 1.84. The summed E-state index contributed by atoms with van der Waals surface area (Å²) in [5.74, 6) is 0. The van der Waals surface area contributed by atoms with E-state index in [0.29, 0.717) is 0 Å². The van der Waals surface area contributed by atoms with Crippen molar-refractivity contribution in [1.82, 2.24) is 15.0 Å². The summed E-state index contributed by atoms with van der Waals surface area (Å²) in [5.41, 5.74) is 3.77. The van der Waals surface area contributed by atoms with Crippen molar-refractivity contribution in [1.29, 1.82) is 0 Å². The predicted molar refractivity (Wildman–Crippen MR) is 57.1 cm³/mol. The first-order chi connectivity index (χ1) is 7.20. The summed E-state index contributed by atoms with van der Waals surface area (Å²) >= 11 is 0. The van der Waals surface area contributed by atoms with Crippen LogP contribution in [0.5, 0.6) is 0 Å². The summed E-state index contributed by atoms with van der Waals surface area (Å²) in [7, 11) is 1.82. The molecule has 2 rings (SSSR count). The Morgan fingerprint density at radius 1 is 1.40 bits per heavy atom. The van der Waals surface area contributed by atoms with Gasteiger partial charge in [0.05, 0.1) is 12.8 Å². The van der Waals surface area contributed by atoms with Crippen LogP contribution in [0.3, 0.4) is 0 Å². The highest BCUT2D eigenvalue weighted by Gasteiger charge is 2.07. The van der Waals surface area contributed by atoms with Gasteiger partial charge < -0.3 is 5.11 Å². The van der Waals surface area contributed by atoms with E-state index in [2.05, 4.69) is 10.3 Å². The van der Waals surface area contributed by atoms with Gasteiger partial charge in [0, 0.05) is 12.6 Å². The van der Waals surface area contributed by atoms with Gasteiger partial charge in [0.1, 0.15) is 5.69 Å². The molecule has 4 nitrogen and oxygen atoms in total. The van der Waals surface area contributed by atoms with Crippen molar-refractivity contribution in [3.05, 3.63) is 35.5 Å². The average molecular weight is 203 g/mol. The number of hydrogen-bond donors (Lipinski definition) is 1. The van der Waals surface area contributed by atoms with Crippen LogP contribution in [0, 0.1) is 6.92 Å². The molecule has 0 saturated carbocycles. The molecule has 0 unspecified atom stereocenters. The second-order valence-corrected chi connectivity index (χ2v) is 3.60. The summed E-state index contributed by atoms with van der Waals surface area (Å²) in [6, 6.07) is 5.90. The molecular formula is C11H13N3O. The van der Waals surface area contributed by atoms with E-state index in [1.165, 1.54) is 0 Å². The van der Waals surface area contributed by atoms with Crippen LogP contribution in [0.25, 0.3) is 11.3 Å². The van der Waals surface area contributed by atoms with Gasteiger partial charge in [0.15, 0.2) is 0 Å². The van der Waals surface area contributed by atoms with Gasteiger partial charge in [-0.2, -0.15) is 0 Å². The minimum atomic E-state index is 0.0200. The molecule has 0 radical (unpaired) electrons. The lowest BCUT2D eigenvalue weighted by molar-refractivity contribution is 0.282. The summed E-state index contributed by atoms with van der Waals surface area (Å²) in [5, 5.41) is 17.1. The first-order valence-corrected chi connectivity index (χ1v) is 4.78. The molecule has 0 bridgehead atoms. The van der Waals surface area contributed by atoms with Gasteiger partial charge >= 0.3 is 0 Å². The van der Waals surface area contributed by atoms with Crippen LogP contribution >= 0.6 is 0 Å². The third-order valence-electron chi connectivity index (χ3n) is 2.31. The Hall–Kier alpha value is -1.68. The molecule has 0 fully saturated rings. The Kier molecular flexibility index (Phi) is 2.51. The van der Waals surface area contributed by atoms with E-state index in [-0.39, 0.29) is 6.61 Å². The SMILES string of the molecule is Cc1ccc(CO)c(-c2cn(C)nn2)c1. The molecule has 0 spiro atoms. The van der Waals surface area contributed by atoms with Crippen molar-refractivity contribution < 1.29 is 5.11 Å². The number of hydrogen-bond acceptors (Lipinski definition) is 3. The van der Waals surface area contributed by atoms with E-state index in [4.69, 9.17) is 0 Å². The number of aliphatic hydroxyl groups is 1. The van der Waals surface area contributed by atoms with Crippen LogP contribution in [-0.4, -0.2) is 20.1 Å². The molecular weight excluding hydrogens is 190 g/mol. The molecule has 1 aromatic carbocycles. The molecule has 4 heteroatoms. The zero-order valence-corrected chi connectivity index (χ0v) is 8.81. The van der Waals surface area contributed by atoms with Crippen LogP contribution in [0.4, 0.5) is 0 Å². The van der Waals surface area contributed by atoms with E-state index < -0.39 is 0 Å². The molecule has 1 heterocycles. The number of aryl methyl sites for hydroxylation is 2. The average Bonchev–Trinajstić information content (AvgIpc) is 2.65. The molecule has 0 aliphatic rings. The Morgan fingerprint density at radius 3 is 2.80 bits per heavy atom. The van der Waals surface area contributed by atoms with Gasteiger partial charge in [-0.25, -0.2) is 0 Å². The number of benzene rings is 1. The van der Waals surface area contributed by atoms with Gasteiger partial charge in [-0.15, -0.1) is 5.10 Å². The first kappa shape index (κ1) is 9.86. The van der Waals surface area contributed by atoms with E-state index in [0.717, 1.165) is 22.4 Å². The number of aliphatic hydroxyl groups excluding tert-OH is 1. The molecule has 15 heavy (non-hydrogen) atoms. The Morgan fingerprint density at radius 2 is 2.20 bits per heavy atom. The Labute approximate surface area is 88.2 Å².